The minimum atomic E-state index is -0.446. The van der Waals surface area contributed by atoms with Gasteiger partial charge in [-0.3, -0.25) is 14.6 Å². The number of anilines is 1. The topological polar surface area (TPSA) is 87.2 Å². The number of carbonyl (C=O) groups is 2. The van der Waals surface area contributed by atoms with Gasteiger partial charge in [0.15, 0.2) is 0 Å². The highest BCUT2D eigenvalue weighted by molar-refractivity contribution is 7.13. The Morgan fingerprint density at radius 3 is 2.83 bits per heavy atom. The van der Waals surface area contributed by atoms with Gasteiger partial charge in [-0.15, -0.1) is 0 Å². The number of benzene rings is 1. The van der Waals surface area contributed by atoms with E-state index >= 15 is 0 Å². The van der Waals surface area contributed by atoms with E-state index in [1.165, 1.54) is 11.5 Å². The number of likely N-dealkylation sites (tertiary alicyclic amines) is 1. The van der Waals surface area contributed by atoms with Crippen molar-refractivity contribution >= 4 is 39.3 Å². The van der Waals surface area contributed by atoms with E-state index < -0.39 is 6.04 Å². The molecule has 1 unspecified atom stereocenters. The number of rotatable bonds is 6. The van der Waals surface area contributed by atoms with Crippen molar-refractivity contribution in [1.29, 1.82) is 0 Å². The van der Waals surface area contributed by atoms with E-state index in [-0.39, 0.29) is 11.8 Å². The number of hydrogen-bond acceptors (Lipinski definition) is 6. The molecule has 7 nitrogen and oxygen atoms in total. The van der Waals surface area contributed by atoms with Crippen LogP contribution >= 0.6 is 11.5 Å². The number of nitrogens with zero attached hydrogens (tertiary/aromatic N) is 3. The maximum atomic E-state index is 12.8. The van der Waals surface area contributed by atoms with Crippen molar-refractivity contribution in [3.63, 3.8) is 0 Å². The number of piperidine rings is 1. The van der Waals surface area contributed by atoms with Crippen LogP contribution < -0.4 is 10.6 Å². The molecular formula is C21H23N5O2S. The van der Waals surface area contributed by atoms with E-state index in [0.717, 1.165) is 28.7 Å². The largest absolute Gasteiger partial charge is 0.367 e. The molecule has 29 heavy (non-hydrogen) atoms. The van der Waals surface area contributed by atoms with Crippen molar-refractivity contribution in [2.24, 2.45) is 0 Å². The van der Waals surface area contributed by atoms with E-state index in [1.54, 1.807) is 29.3 Å². The summed E-state index contributed by atoms with van der Waals surface area (Å²) in [5.41, 5.74) is 0.379. The molecule has 0 radical (unpaired) electrons. The van der Waals surface area contributed by atoms with E-state index in [2.05, 4.69) is 20.0 Å². The second-order valence-electron chi connectivity index (χ2n) is 6.97. The highest BCUT2D eigenvalue weighted by atomic mass is 32.1. The molecule has 3 heterocycles. The van der Waals surface area contributed by atoms with Crippen LogP contribution in [0.2, 0.25) is 0 Å². The Morgan fingerprint density at radius 2 is 1.97 bits per heavy atom. The first-order valence-electron chi connectivity index (χ1n) is 9.82. The van der Waals surface area contributed by atoms with Gasteiger partial charge >= 0.3 is 0 Å². The molecule has 1 fully saturated rings. The molecule has 2 N–H and O–H groups in total. The molecule has 3 aromatic rings. The number of carbonyl (C=O) groups excluding carboxylic acids is 2. The van der Waals surface area contributed by atoms with Crippen LogP contribution in [0.25, 0.3) is 10.1 Å². The summed E-state index contributed by atoms with van der Waals surface area (Å²) in [6.45, 7) is 1.61. The van der Waals surface area contributed by atoms with Crippen molar-refractivity contribution < 1.29 is 9.59 Å². The smallest absolute Gasteiger partial charge is 0.273 e. The summed E-state index contributed by atoms with van der Waals surface area (Å²) in [5, 5.41) is 7.33. The van der Waals surface area contributed by atoms with E-state index in [1.807, 2.05) is 24.3 Å². The third-order valence-electron chi connectivity index (χ3n) is 5.04. The Morgan fingerprint density at radius 1 is 1.10 bits per heavy atom. The summed E-state index contributed by atoms with van der Waals surface area (Å²) in [4.78, 5) is 31.3. The van der Waals surface area contributed by atoms with Crippen LogP contribution in [-0.4, -0.2) is 51.7 Å². The second kappa shape index (κ2) is 9.00. The molecule has 0 aliphatic carbocycles. The molecule has 2 aromatic heterocycles. The average Bonchev–Trinajstić information content (AvgIpc) is 3.20. The predicted molar refractivity (Wildman–Crippen MR) is 114 cm³/mol. The summed E-state index contributed by atoms with van der Waals surface area (Å²) < 4.78 is 5.56. The van der Waals surface area contributed by atoms with Gasteiger partial charge in [-0.05, 0) is 55.1 Å². The molecule has 1 aromatic carbocycles. The Hall–Kier alpha value is -3.00. The molecule has 2 amide bonds. The quantitative estimate of drug-likeness (QED) is 0.611. The normalized spacial score (nSPS) is 16.6. The van der Waals surface area contributed by atoms with E-state index in [9.17, 15) is 9.59 Å². The fourth-order valence-electron chi connectivity index (χ4n) is 3.58. The Bertz CT molecular complexity index is 991. The van der Waals surface area contributed by atoms with Gasteiger partial charge in [-0.2, -0.15) is 4.37 Å². The number of hydrogen-bond donors (Lipinski definition) is 2. The lowest BCUT2D eigenvalue weighted by Gasteiger charge is -2.34. The zero-order valence-corrected chi connectivity index (χ0v) is 16.8. The van der Waals surface area contributed by atoms with Gasteiger partial charge in [0.1, 0.15) is 17.6 Å². The van der Waals surface area contributed by atoms with Gasteiger partial charge in [0, 0.05) is 31.2 Å². The average molecular weight is 410 g/mol. The minimum absolute atomic E-state index is 0.112. The number of nitrogens with one attached hydrogen (secondary N) is 2. The molecule has 0 saturated carbocycles. The van der Waals surface area contributed by atoms with E-state index in [0.29, 0.717) is 31.7 Å². The summed E-state index contributed by atoms with van der Waals surface area (Å²) >= 11 is 1.45. The first-order chi connectivity index (χ1) is 14.2. The molecule has 1 aliphatic heterocycles. The molecule has 4 rings (SSSR count). The first kappa shape index (κ1) is 19.3. The lowest BCUT2D eigenvalue weighted by atomic mass is 10.0. The molecule has 0 spiro atoms. The van der Waals surface area contributed by atoms with Crippen molar-refractivity contribution in [3.8, 4) is 0 Å². The molecular weight excluding hydrogens is 386 g/mol. The van der Waals surface area contributed by atoms with Gasteiger partial charge in [-0.1, -0.05) is 18.2 Å². The third kappa shape index (κ3) is 4.37. The summed E-state index contributed by atoms with van der Waals surface area (Å²) in [7, 11) is 0. The van der Waals surface area contributed by atoms with Crippen LogP contribution in [-0.2, 0) is 4.79 Å². The third-order valence-corrected chi connectivity index (χ3v) is 5.87. The van der Waals surface area contributed by atoms with Crippen LogP contribution in [0.3, 0.4) is 0 Å². The van der Waals surface area contributed by atoms with Gasteiger partial charge in [-0.25, -0.2) is 0 Å². The number of aromatic nitrogens is 2. The zero-order valence-electron chi connectivity index (χ0n) is 16.0. The lowest BCUT2D eigenvalue weighted by molar-refractivity contribution is -0.126. The number of pyridine rings is 1. The van der Waals surface area contributed by atoms with Gasteiger partial charge < -0.3 is 15.5 Å². The van der Waals surface area contributed by atoms with Crippen LogP contribution in [0, 0.1) is 0 Å². The molecule has 1 atom stereocenters. The standard InChI is InChI=1S/C21H23N5O2S/c27-20(24-13-12-23-19-15-7-1-2-10-18(15)29-25-19)17-9-4-6-14-26(17)21(28)16-8-3-5-11-22-16/h1-3,5,7-8,10-11,17H,4,6,9,12-14H2,(H,23,25)(H,24,27). The van der Waals surface area contributed by atoms with Crippen LogP contribution in [0.1, 0.15) is 29.8 Å². The fraction of sp³-hybridized carbons (Fsp3) is 0.333. The first-order valence-corrected chi connectivity index (χ1v) is 10.6. The van der Waals surface area contributed by atoms with Crippen molar-refractivity contribution in [3.05, 3.63) is 54.4 Å². The molecule has 1 saturated heterocycles. The number of amides is 2. The van der Waals surface area contributed by atoms with Gasteiger partial charge in [0.05, 0.1) is 4.70 Å². The monoisotopic (exact) mass is 409 g/mol. The van der Waals surface area contributed by atoms with E-state index in [4.69, 9.17) is 0 Å². The fourth-order valence-corrected chi connectivity index (χ4v) is 4.34. The number of fused-ring (bicyclic) bond motifs is 1. The van der Waals surface area contributed by atoms with Gasteiger partial charge in [0.2, 0.25) is 5.91 Å². The van der Waals surface area contributed by atoms with Crippen molar-refractivity contribution in [2.45, 2.75) is 25.3 Å². The summed E-state index contributed by atoms with van der Waals surface area (Å²) in [5.74, 6) is 0.543. The molecule has 0 bridgehead atoms. The van der Waals surface area contributed by atoms with Crippen LogP contribution in [0.15, 0.2) is 48.7 Å². The molecule has 150 valence electrons. The zero-order chi connectivity index (χ0) is 20.1. The summed E-state index contributed by atoms with van der Waals surface area (Å²) in [6.07, 6.45) is 4.11. The maximum absolute atomic E-state index is 12.8. The van der Waals surface area contributed by atoms with Gasteiger partial charge in [0.25, 0.3) is 5.91 Å². The Labute approximate surface area is 173 Å². The predicted octanol–water partition coefficient (Wildman–Crippen LogP) is 2.91. The molecule has 1 aliphatic rings. The maximum Gasteiger partial charge on any atom is 0.273 e. The molecule has 8 heteroatoms. The summed E-state index contributed by atoms with van der Waals surface area (Å²) in [6, 6.07) is 12.8. The highest BCUT2D eigenvalue weighted by Gasteiger charge is 2.32. The second-order valence-corrected chi connectivity index (χ2v) is 7.78. The lowest BCUT2D eigenvalue weighted by Crippen LogP contribution is -2.52. The highest BCUT2D eigenvalue weighted by Crippen LogP contribution is 2.25. The van der Waals surface area contributed by atoms with Crippen LogP contribution in [0.4, 0.5) is 5.82 Å². The van der Waals surface area contributed by atoms with Crippen LogP contribution in [0.5, 0.6) is 0 Å². The van der Waals surface area contributed by atoms with Crippen molar-refractivity contribution in [1.82, 2.24) is 19.6 Å². The Balaban J connectivity index is 1.32. The Kier molecular flexibility index (Phi) is 6.00. The SMILES string of the molecule is O=C(NCCNc1nsc2ccccc12)C1CCCCN1C(=O)c1ccccn1. The van der Waals surface area contributed by atoms with Crippen molar-refractivity contribution in [2.75, 3.05) is 25.0 Å². The minimum Gasteiger partial charge on any atom is -0.367 e.